The lowest BCUT2D eigenvalue weighted by atomic mass is 10.1. The lowest BCUT2D eigenvalue weighted by Crippen LogP contribution is -2.30. The summed E-state index contributed by atoms with van der Waals surface area (Å²) in [7, 11) is 1.43. The maximum Gasteiger partial charge on any atom is 0.340 e. The van der Waals surface area contributed by atoms with Crippen LogP contribution >= 0.6 is 11.6 Å². The topological polar surface area (TPSA) is 93.7 Å². The molecule has 7 nitrogen and oxygen atoms in total. The Kier molecular flexibility index (Phi) is 7.83. The number of rotatable bonds is 7. The van der Waals surface area contributed by atoms with Gasteiger partial charge in [-0.15, -0.1) is 0 Å². The van der Waals surface area contributed by atoms with E-state index in [9.17, 15) is 14.4 Å². The molecule has 0 aliphatic heterocycles. The summed E-state index contributed by atoms with van der Waals surface area (Å²) in [5.41, 5.74) is 0.602. The average Bonchev–Trinajstić information content (AvgIpc) is 2.68. The first-order valence-electron chi connectivity index (χ1n) is 8.68. The molecule has 0 heterocycles. The number of amides is 2. The van der Waals surface area contributed by atoms with E-state index in [1.165, 1.54) is 25.3 Å². The fraction of sp³-hybridized carbons (Fsp3) is 0.250. The molecular weight excluding hydrogens is 384 g/mol. The molecule has 8 heteroatoms. The SMILES string of the molecule is CCCCOC(=O)c1ccccc1NC(=O)C(=O)Nc1cc(Cl)ccc1OC. The largest absolute Gasteiger partial charge is 0.495 e. The number of esters is 1. The van der Waals surface area contributed by atoms with Gasteiger partial charge in [-0.25, -0.2) is 4.79 Å². The van der Waals surface area contributed by atoms with Crippen molar-refractivity contribution in [1.82, 2.24) is 0 Å². The van der Waals surface area contributed by atoms with Crippen molar-refractivity contribution in [1.29, 1.82) is 0 Å². The third-order valence-electron chi connectivity index (χ3n) is 3.74. The molecule has 0 spiro atoms. The maximum atomic E-state index is 12.3. The lowest BCUT2D eigenvalue weighted by Gasteiger charge is -2.12. The van der Waals surface area contributed by atoms with Crippen molar-refractivity contribution >= 4 is 40.8 Å². The van der Waals surface area contributed by atoms with Crippen molar-refractivity contribution in [2.45, 2.75) is 19.8 Å². The smallest absolute Gasteiger partial charge is 0.340 e. The summed E-state index contributed by atoms with van der Waals surface area (Å²) in [6, 6.07) is 10.9. The number of anilines is 2. The van der Waals surface area contributed by atoms with Gasteiger partial charge in [-0.1, -0.05) is 37.1 Å². The Morgan fingerprint density at radius 3 is 2.36 bits per heavy atom. The zero-order valence-electron chi connectivity index (χ0n) is 15.6. The Balaban J connectivity index is 2.09. The standard InChI is InChI=1S/C20H21ClN2O5/c1-3-4-11-28-20(26)14-7-5-6-8-15(14)22-18(24)19(25)23-16-12-13(21)9-10-17(16)27-2/h5-10,12H,3-4,11H2,1-2H3,(H,22,24)(H,23,25). The second-order valence-electron chi connectivity index (χ2n) is 5.79. The summed E-state index contributed by atoms with van der Waals surface area (Å²) in [6.45, 7) is 2.27. The molecule has 0 atom stereocenters. The molecule has 0 bridgehead atoms. The average molecular weight is 405 g/mol. The fourth-order valence-corrected chi connectivity index (χ4v) is 2.47. The number of hydrogen-bond acceptors (Lipinski definition) is 5. The number of carbonyl (C=O) groups is 3. The Bertz CT molecular complexity index is 869. The number of halogens is 1. The van der Waals surface area contributed by atoms with E-state index in [0.717, 1.165) is 12.8 Å². The molecule has 2 aromatic carbocycles. The number of carbonyl (C=O) groups excluding carboxylic acids is 3. The van der Waals surface area contributed by atoms with Crippen molar-refractivity contribution in [3.63, 3.8) is 0 Å². The number of unbranched alkanes of at least 4 members (excludes halogenated alkanes) is 1. The van der Waals surface area contributed by atoms with E-state index in [1.807, 2.05) is 6.92 Å². The van der Waals surface area contributed by atoms with Crippen molar-refractivity contribution in [2.24, 2.45) is 0 Å². The summed E-state index contributed by atoms with van der Waals surface area (Å²) in [4.78, 5) is 36.7. The number of benzene rings is 2. The molecule has 2 rings (SSSR count). The van der Waals surface area contributed by atoms with Gasteiger partial charge in [-0.05, 0) is 36.8 Å². The van der Waals surface area contributed by atoms with Crippen LogP contribution in [0.15, 0.2) is 42.5 Å². The van der Waals surface area contributed by atoms with Gasteiger partial charge in [-0.2, -0.15) is 0 Å². The van der Waals surface area contributed by atoms with E-state index < -0.39 is 17.8 Å². The lowest BCUT2D eigenvalue weighted by molar-refractivity contribution is -0.133. The molecule has 0 saturated heterocycles. The van der Waals surface area contributed by atoms with E-state index >= 15 is 0 Å². The van der Waals surface area contributed by atoms with Crippen molar-refractivity contribution in [3.05, 3.63) is 53.1 Å². The van der Waals surface area contributed by atoms with Crippen LogP contribution in [0.1, 0.15) is 30.1 Å². The second-order valence-corrected chi connectivity index (χ2v) is 6.22. The van der Waals surface area contributed by atoms with Crippen LogP contribution < -0.4 is 15.4 Å². The Hall–Kier alpha value is -3.06. The number of ether oxygens (including phenoxy) is 2. The van der Waals surface area contributed by atoms with Gasteiger partial charge in [0.25, 0.3) is 0 Å². The minimum absolute atomic E-state index is 0.167. The highest BCUT2D eigenvalue weighted by molar-refractivity contribution is 6.44. The van der Waals surface area contributed by atoms with Gasteiger partial charge in [0.15, 0.2) is 0 Å². The first kappa shape index (κ1) is 21.2. The van der Waals surface area contributed by atoms with E-state index in [0.29, 0.717) is 10.8 Å². The molecule has 0 saturated carbocycles. The second kappa shape index (κ2) is 10.3. The molecular formula is C20H21ClN2O5. The van der Waals surface area contributed by atoms with Gasteiger partial charge < -0.3 is 20.1 Å². The van der Waals surface area contributed by atoms with Crippen LogP contribution in [0, 0.1) is 0 Å². The molecule has 0 radical (unpaired) electrons. The molecule has 0 aliphatic carbocycles. The summed E-state index contributed by atoms with van der Waals surface area (Å²) in [5, 5.41) is 5.24. The Morgan fingerprint density at radius 1 is 1.00 bits per heavy atom. The predicted molar refractivity (Wildman–Crippen MR) is 107 cm³/mol. The van der Waals surface area contributed by atoms with Gasteiger partial charge in [0.2, 0.25) is 0 Å². The number of methoxy groups -OCH3 is 1. The molecule has 28 heavy (non-hydrogen) atoms. The molecule has 2 amide bonds. The van der Waals surface area contributed by atoms with Crippen molar-refractivity contribution < 1.29 is 23.9 Å². The molecule has 0 unspecified atom stereocenters. The fourth-order valence-electron chi connectivity index (χ4n) is 2.29. The minimum atomic E-state index is -0.948. The molecule has 2 N–H and O–H groups in total. The summed E-state index contributed by atoms with van der Waals surface area (Å²) in [6.07, 6.45) is 1.63. The normalized spacial score (nSPS) is 10.1. The van der Waals surface area contributed by atoms with Gasteiger partial charge >= 0.3 is 17.8 Å². The van der Waals surface area contributed by atoms with Crippen molar-refractivity contribution in [2.75, 3.05) is 24.4 Å². The molecule has 148 valence electrons. The quantitative estimate of drug-likeness (QED) is 0.415. The third-order valence-corrected chi connectivity index (χ3v) is 3.98. The highest BCUT2D eigenvalue weighted by Crippen LogP contribution is 2.27. The predicted octanol–water partition coefficient (Wildman–Crippen LogP) is 3.88. The van der Waals surface area contributed by atoms with Crippen LogP contribution in [0.25, 0.3) is 0 Å². The minimum Gasteiger partial charge on any atom is -0.495 e. The van der Waals surface area contributed by atoms with E-state index in [4.69, 9.17) is 21.1 Å². The van der Waals surface area contributed by atoms with Crippen LogP contribution in [0.4, 0.5) is 11.4 Å². The zero-order chi connectivity index (χ0) is 20.5. The first-order valence-corrected chi connectivity index (χ1v) is 9.06. The van der Waals surface area contributed by atoms with Gasteiger partial charge in [0.05, 0.1) is 30.7 Å². The van der Waals surface area contributed by atoms with Gasteiger partial charge in [0.1, 0.15) is 5.75 Å². The number of hydrogen-bond donors (Lipinski definition) is 2. The Labute approximate surface area is 168 Å². The van der Waals surface area contributed by atoms with Crippen LogP contribution in [0.3, 0.4) is 0 Å². The van der Waals surface area contributed by atoms with Crippen molar-refractivity contribution in [3.8, 4) is 5.75 Å². The van der Waals surface area contributed by atoms with Crippen LogP contribution in [0.2, 0.25) is 5.02 Å². The van der Waals surface area contributed by atoms with Crippen LogP contribution in [-0.4, -0.2) is 31.5 Å². The van der Waals surface area contributed by atoms with Crippen LogP contribution in [-0.2, 0) is 14.3 Å². The molecule has 0 fully saturated rings. The Morgan fingerprint density at radius 2 is 1.68 bits per heavy atom. The van der Waals surface area contributed by atoms with E-state index in [2.05, 4.69) is 10.6 Å². The first-order chi connectivity index (χ1) is 13.5. The summed E-state index contributed by atoms with van der Waals surface area (Å²) < 4.78 is 10.3. The van der Waals surface area contributed by atoms with Crippen LogP contribution in [0.5, 0.6) is 5.75 Å². The van der Waals surface area contributed by atoms with E-state index in [-0.39, 0.29) is 23.5 Å². The number of nitrogens with one attached hydrogen (secondary N) is 2. The highest BCUT2D eigenvalue weighted by atomic mass is 35.5. The van der Waals surface area contributed by atoms with Gasteiger partial charge in [0, 0.05) is 5.02 Å². The number of para-hydroxylation sites is 1. The highest BCUT2D eigenvalue weighted by Gasteiger charge is 2.20. The summed E-state index contributed by atoms with van der Waals surface area (Å²) in [5.74, 6) is -2.10. The third kappa shape index (κ3) is 5.72. The monoisotopic (exact) mass is 404 g/mol. The molecule has 2 aromatic rings. The molecule has 0 aliphatic rings. The zero-order valence-corrected chi connectivity index (χ0v) is 16.3. The van der Waals surface area contributed by atoms with Gasteiger partial charge in [-0.3, -0.25) is 9.59 Å². The molecule has 0 aromatic heterocycles. The van der Waals surface area contributed by atoms with E-state index in [1.54, 1.807) is 24.3 Å². The summed E-state index contributed by atoms with van der Waals surface area (Å²) >= 11 is 5.92. The maximum absolute atomic E-state index is 12.3.